The van der Waals surface area contributed by atoms with Crippen LogP contribution in [0.15, 0.2) is 84.9 Å². The monoisotopic (exact) mass is 808 g/mol. The van der Waals surface area contributed by atoms with Gasteiger partial charge in [-0.25, -0.2) is 0 Å². The Kier molecular flexibility index (Phi) is 13.8. The lowest BCUT2D eigenvalue weighted by Gasteiger charge is -2.19. The molecule has 0 fully saturated rings. The van der Waals surface area contributed by atoms with Gasteiger partial charge in [0.2, 0.25) is 0 Å². The SMILES string of the molecule is CC(C)CCOc1cccc(OCCC(C)C)c1C1=c2ccc([nH]2)=Cc2ccc([nH]2)C(c2c(OCCC(C)C)cccc2OCCC(C)C)=c2ccc([nH]2)=Cc2ccc1[nH]2. The van der Waals surface area contributed by atoms with Gasteiger partial charge in [0.25, 0.3) is 0 Å². The molecule has 0 spiro atoms. The molecule has 1 aliphatic rings. The molecule has 8 heteroatoms. The van der Waals surface area contributed by atoms with E-state index in [-0.39, 0.29) is 0 Å². The van der Waals surface area contributed by atoms with Crippen LogP contribution in [0.3, 0.4) is 0 Å². The number of hydrogen-bond acceptors (Lipinski definition) is 4. The van der Waals surface area contributed by atoms with Crippen LogP contribution in [0.4, 0.5) is 0 Å². The third-order valence-electron chi connectivity index (χ3n) is 10.8. The maximum absolute atomic E-state index is 6.60. The Morgan fingerprint density at radius 1 is 0.383 bits per heavy atom. The zero-order valence-electron chi connectivity index (χ0n) is 36.8. The van der Waals surface area contributed by atoms with Crippen molar-refractivity contribution in [3.63, 3.8) is 0 Å². The fraction of sp³-hybridized carbons (Fsp3) is 0.385. The van der Waals surface area contributed by atoms with E-state index < -0.39 is 0 Å². The van der Waals surface area contributed by atoms with Crippen molar-refractivity contribution in [1.29, 1.82) is 0 Å². The van der Waals surface area contributed by atoms with Crippen LogP contribution in [-0.2, 0) is 0 Å². The Bertz CT molecular complexity index is 2350. The topological polar surface area (TPSA) is 100 Å². The number of ether oxygens (including phenoxy) is 4. The predicted molar refractivity (Wildman–Crippen MR) is 245 cm³/mol. The lowest BCUT2D eigenvalue weighted by molar-refractivity contribution is 0.274. The number of rotatable bonds is 18. The molecular formula is C52H64N4O4. The molecule has 0 amide bonds. The summed E-state index contributed by atoms with van der Waals surface area (Å²) in [6.07, 6.45) is 8.12. The first-order chi connectivity index (χ1) is 29.0. The summed E-state index contributed by atoms with van der Waals surface area (Å²) in [6.45, 7) is 20.3. The molecule has 1 aliphatic heterocycles. The molecule has 316 valence electrons. The van der Waals surface area contributed by atoms with Crippen LogP contribution in [0.2, 0.25) is 0 Å². The summed E-state index contributed by atoms with van der Waals surface area (Å²) in [6, 6.07) is 29.4. The summed E-state index contributed by atoms with van der Waals surface area (Å²) in [7, 11) is 0. The molecule has 4 aromatic heterocycles. The summed E-state index contributed by atoms with van der Waals surface area (Å²) in [5.74, 6) is 5.30. The van der Waals surface area contributed by atoms with Crippen LogP contribution in [0, 0.1) is 23.7 Å². The van der Waals surface area contributed by atoms with Gasteiger partial charge in [0.15, 0.2) is 0 Å². The van der Waals surface area contributed by atoms with E-state index in [9.17, 15) is 0 Å². The smallest absolute Gasteiger partial charge is 0.131 e. The van der Waals surface area contributed by atoms with Crippen LogP contribution < -0.4 is 40.3 Å². The molecule has 0 radical (unpaired) electrons. The van der Waals surface area contributed by atoms with Crippen LogP contribution in [0.1, 0.15) is 115 Å². The van der Waals surface area contributed by atoms with Gasteiger partial charge in [-0.1, -0.05) is 67.5 Å². The van der Waals surface area contributed by atoms with Gasteiger partial charge < -0.3 is 38.9 Å². The second kappa shape index (κ2) is 19.5. The number of aromatic nitrogens is 4. The molecule has 0 saturated carbocycles. The second-order valence-electron chi connectivity index (χ2n) is 17.7. The van der Waals surface area contributed by atoms with Gasteiger partial charge in [0.1, 0.15) is 23.0 Å². The fourth-order valence-electron chi connectivity index (χ4n) is 7.35. The van der Waals surface area contributed by atoms with Gasteiger partial charge >= 0.3 is 0 Å². The lowest BCUT2D eigenvalue weighted by Crippen LogP contribution is -2.17. The van der Waals surface area contributed by atoms with E-state index in [0.29, 0.717) is 50.1 Å². The highest BCUT2D eigenvalue weighted by Gasteiger charge is 2.23. The molecule has 5 heterocycles. The first-order valence-electron chi connectivity index (χ1n) is 22.0. The van der Waals surface area contributed by atoms with E-state index >= 15 is 0 Å². The minimum atomic E-state index is 0.524. The van der Waals surface area contributed by atoms with Crippen molar-refractivity contribution >= 4 is 23.3 Å². The highest BCUT2D eigenvalue weighted by atomic mass is 16.5. The largest absolute Gasteiger partial charge is 0.493 e. The summed E-state index contributed by atoms with van der Waals surface area (Å²) >= 11 is 0. The molecule has 0 atom stereocenters. The van der Waals surface area contributed by atoms with Crippen molar-refractivity contribution in [3.8, 4) is 23.0 Å². The van der Waals surface area contributed by atoms with Crippen LogP contribution in [-0.4, -0.2) is 46.4 Å². The number of fused-ring (bicyclic) bond motifs is 8. The number of benzene rings is 2. The Balaban J connectivity index is 1.42. The highest BCUT2D eigenvalue weighted by molar-refractivity contribution is 5.86. The first kappa shape index (κ1) is 42.4. The summed E-state index contributed by atoms with van der Waals surface area (Å²) in [4.78, 5) is 15.1. The summed E-state index contributed by atoms with van der Waals surface area (Å²) in [5, 5.41) is 3.82. The Hall–Kier alpha value is -5.76. The van der Waals surface area contributed by atoms with Crippen LogP contribution >= 0.6 is 0 Å². The third kappa shape index (κ3) is 10.5. The maximum Gasteiger partial charge on any atom is 0.131 e. The Labute approximate surface area is 355 Å². The molecule has 7 rings (SSSR count). The van der Waals surface area contributed by atoms with Gasteiger partial charge in [0, 0.05) is 55.3 Å². The zero-order chi connectivity index (χ0) is 42.2. The van der Waals surface area contributed by atoms with E-state index in [1.807, 2.05) is 12.1 Å². The van der Waals surface area contributed by atoms with Gasteiger partial charge in [-0.2, -0.15) is 0 Å². The molecular weight excluding hydrogens is 745 g/mol. The Morgan fingerprint density at radius 2 is 0.717 bits per heavy atom. The van der Waals surface area contributed by atoms with Crippen molar-refractivity contribution in [2.75, 3.05) is 26.4 Å². The molecule has 2 aromatic carbocycles. The van der Waals surface area contributed by atoms with Crippen molar-refractivity contribution in [1.82, 2.24) is 19.9 Å². The fourth-order valence-corrected chi connectivity index (χ4v) is 7.35. The quantitative estimate of drug-likeness (QED) is 0.0695. The standard InChI is InChI=1S/C52H64N4O4/c1-33(2)23-27-57-45-11-9-12-46(58-28-24-34(3)4)51(45)49-41-19-15-37(53-41)31-39-17-21-43(55-39)50(44-22-18-40(56-44)32-38-16-20-42(49)54-38)52-47(59-29-25-35(5)6)13-10-14-48(52)60-30-26-36(7)8/h9-22,31-36,53-56H,23-30H2,1-8H3. The molecule has 0 aliphatic carbocycles. The average Bonchev–Trinajstić information content (AvgIpc) is 4.03. The summed E-state index contributed by atoms with van der Waals surface area (Å²) < 4.78 is 26.4. The lowest BCUT2D eigenvalue weighted by atomic mass is 10.00. The first-order valence-corrected chi connectivity index (χ1v) is 22.0. The minimum absolute atomic E-state index is 0.524. The van der Waals surface area contributed by atoms with E-state index in [1.165, 1.54) is 0 Å². The van der Waals surface area contributed by atoms with Gasteiger partial charge in [0.05, 0.1) is 37.6 Å². The van der Waals surface area contributed by atoms with Crippen molar-refractivity contribution < 1.29 is 18.9 Å². The minimum Gasteiger partial charge on any atom is -0.493 e. The number of hydrogen-bond donors (Lipinski definition) is 4. The van der Waals surface area contributed by atoms with Crippen LogP contribution in [0.25, 0.3) is 23.3 Å². The number of nitrogens with one attached hydrogen (secondary N) is 4. The molecule has 4 N–H and O–H groups in total. The molecule has 60 heavy (non-hydrogen) atoms. The van der Waals surface area contributed by atoms with E-state index in [0.717, 1.165) is 115 Å². The van der Waals surface area contributed by atoms with Crippen molar-refractivity contribution in [2.45, 2.75) is 81.1 Å². The van der Waals surface area contributed by atoms with Gasteiger partial charge in [-0.15, -0.1) is 0 Å². The molecule has 0 unspecified atom stereocenters. The third-order valence-corrected chi connectivity index (χ3v) is 10.8. The normalized spacial score (nSPS) is 12.7. The van der Waals surface area contributed by atoms with Gasteiger partial charge in [-0.3, -0.25) is 0 Å². The van der Waals surface area contributed by atoms with Crippen molar-refractivity contribution in [2.24, 2.45) is 23.7 Å². The summed E-state index contributed by atoms with van der Waals surface area (Å²) in [5.41, 5.74) is 7.64. The van der Waals surface area contributed by atoms with Crippen LogP contribution in [0.5, 0.6) is 23.0 Å². The Morgan fingerprint density at radius 3 is 1.03 bits per heavy atom. The van der Waals surface area contributed by atoms with Crippen molar-refractivity contribution in [3.05, 3.63) is 140 Å². The maximum atomic E-state index is 6.60. The second-order valence-corrected chi connectivity index (χ2v) is 17.7. The molecule has 8 bridgehead atoms. The predicted octanol–water partition coefficient (Wildman–Crippen LogP) is 9.16. The molecule has 8 nitrogen and oxygen atoms in total. The van der Waals surface area contributed by atoms with E-state index in [2.05, 4.69) is 160 Å². The number of aromatic amines is 4. The molecule has 6 aromatic rings. The number of H-pyrrole nitrogens is 4. The van der Waals surface area contributed by atoms with E-state index in [4.69, 9.17) is 18.9 Å². The van der Waals surface area contributed by atoms with Gasteiger partial charge in [-0.05, 0) is 134 Å². The van der Waals surface area contributed by atoms with E-state index in [1.54, 1.807) is 0 Å². The highest BCUT2D eigenvalue weighted by Crippen LogP contribution is 2.39. The average molecular weight is 809 g/mol. The molecule has 0 saturated heterocycles. The zero-order valence-corrected chi connectivity index (χ0v) is 36.8.